The molecule has 4 atom stereocenters. The molecule has 3 saturated heterocycles. The molecular formula is C19H35NO4. The molecule has 24 heavy (non-hydrogen) atoms. The Balaban J connectivity index is 1.50. The first-order valence-corrected chi connectivity index (χ1v) is 9.94. The molecule has 0 spiro atoms. The van der Waals surface area contributed by atoms with Gasteiger partial charge in [-0.25, -0.2) is 0 Å². The summed E-state index contributed by atoms with van der Waals surface area (Å²) in [4.78, 5) is 2.48. The third-order valence-corrected chi connectivity index (χ3v) is 5.28. The molecule has 0 saturated carbocycles. The molecule has 3 heterocycles. The maximum absolute atomic E-state index is 6.26. The van der Waals surface area contributed by atoms with Crippen LogP contribution in [0.5, 0.6) is 0 Å². The maximum Gasteiger partial charge on any atom is 0.190 e. The highest BCUT2D eigenvalue weighted by Crippen LogP contribution is 2.39. The van der Waals surface area contributed by atoms with Gasteiger partial charge in [0.25, 0.3) is 0 Å². The van der Waals surface area contributed by atoms with Gasteiger partial charge in [-0.1, -0.05) is 32.6 Å². The molecule has 5 heteroatoms. The van der Waals surface area contributed by atoms with Crippen molar-refractivity contribution in [3.05, 3.63) is 0 Å². The van der Waals surface area contributed by atoms with Crippen LogP contribution in [-0.2, 0) is 18.9 Å². The van der Waals surface area contributed by atoms with Crippen LogP contribution in [0, 0.1) is 0 Å². The van der Waals surface area contributed by atoms with Crippen molar-refractivity contribution in [1.82, 2.24) is 4.90 Å². The van der Waals surface area contributed by atoms with Crippen molar-refractivity contribution in [2.45, 2.75) is 96.1 Å². The molecule has 0 unspecified atom stereocenters. The van der Waals surface area contributed by atoms with Crippen molar-refractivity contribution in [1.29, 1.82) is 0 Å². The zero-order valence-corrected chi connectivity index (χ0v) is 15.7. The van der Waals surface area contributed by atoms with Gasteiger partial charge in [0.15, 0.2) is 12.1 Å². The van der Waals surface area contributed by atoms with Gasteiger partial charge >= 0.3 is 0 Å². The molecule has 0 aromatic rings. The lowest BCUT2D eigenvalue weighted by Gasteiger charge is -2.28. The van der Waals surface area contributed by atoms with Crippen LogP contribution in [0.15, 0.2) is 0 Å². The predicted molar refractivity (Wildman–Crippen MR) is 92.9 cm³/mol. The molecule has 3 aliphatic heterocycles. The third kappa shape index (κ3) is 4.70. The van der Waals surface area contributed by atoms with Crippen LogP contribution in [0.4, 0.5) is 0 Å². The highest BCUT2D eigenvalue weighted by atomic mass is 16.8. The standard InChI is InChI=1S/C19H35NO4/c1-4-5-6-7-10-13-21-16-15(14-20-11-8-9-12-20)22-18-17(16)23-19(2,3)24-18/h15-18H,4-14H2,1-3H3/t15-,16+,17-,18-/m1/s1. The lowest BCUT2D eigenvalue weighted by molar-refractivity contribution is -0.219. The Kier molecular flexibility index (Phi) is 6.55. The van der Waals surface area contributed by atoms with Crippen molar-refractivity contribution in [3.63, 3.8) is 0 Å². The SMILES string of the molecule is CCCCCCCO[C@@H]1[C@H]2OC(C)(C)O[C@H]2O[C@@H]1CN1CCCC1. The number of nitrogens with zero attached hydrogens (tertiary/aromatic N) is 1. The molecule has 0 radical (unpaired) electrons. The van der Waals surface area contributed by atoms with Gasteiger partial charge in [0, 0.05) is 13.2 Å². The Morgan fingerprint density at radius 1 is 1.04 bits per heavy atom. The molecule has 0 aliphatic carbocycles. The van der Waals surface area contributed by atoms with Crippen LogP contribution < -0.4 is 0 Å². The number of rotatable bonds is 9. The smallest absolute Gasteiger partial charge is 0.190 e. The number of unbranched alkanes of at least 4 members (excludes halogenated alkanes) is 4. The maximum atomic E-state index is 6.26. The molecule has 0 N–H and O–H groups in total. The first-order chi connectivity index (χ1) is 11.6. The molecule has 0 aromatic heterocycles. The molecule has 0 bridgehead atoms. The van der Waals surface area contributed by atoms with Gasteiger partial charge < -0.3 is 23.8 Å². The van der Waals surface area contributed by atoms with Crippen LogP contribution in [0.25, 0.3) is 0 Å². The lowest BCUT2D eigenvalue weighted by atomic mass is 10.1. The van der Waals surface area contributed by atoms with E-state index in [-0.39, 0.29) is 24.6 Å². The van der Waals surface area contributed by atoms with Crippen molar-refractivity contribution in [3.8, 4) is 0 Å². The van der Waals surface area contributed by atoms with Crippen LogP contribution in [0.1, 0.15) is 65.7 Å². The molecular weight excluding hydrogens is 306 g/mol. The summed E-state index contributed by atoms with van der Waals surface area (Å²) in [5.74, 6) is -0.573. The Morgan fingerprint density at radius 2 is 1.79 bits per heavy atom. The summed E-state index contributed by atoms with van der Waals surface area (Å²) < 4.78 is 24.4. The van der Waals surface area contributed by atoms with Crippen molar-refractivity contribution in [2.75, 3.05) is 26.2 Å². The summed E-state index contributed by atoms with van der Waals surface area (Å²) in [6.07, 6.45) is 8.53. The topological polar surface area (TPSA) is 40.2 Å². The fourth-order valence-corrected chi connectivity index (χ4v) is 4.04. The molecule has 0 aromatic carbocycles. The summed E-state index contributed by atoms with van der Waals surface area (Å²) in [5, 5.41) is 0. The van der Waals surface area contributed by atoms with E-state index in [1.54, 1.807) is 0 Å². The lowest BCUT2D eigenvalue weighted by Crippen LogP contribution is -2.42. The van der Waals surface area contributed by atoms with Crippen LogP contribution in [0.2, 0.25) is 0 Å². The van der Waals surface area contributed by atoms with Crippen LogP contribution in [0.3, 0.4) is 0 Å². The monoisotopic (exact) mass is 341 g/mol. The average molecular weight is 341 g/mol. The zero-order chi connectivity index (χ0) is 17.0. The highest BCUT2D eigenvalue weighted by molar-refractivity contribution is 4.95. The largest absolute Gasteiger partial charge is 0.373 e. The Bertz CT molecular complexity index is 384. The van der Waals surface area contributed by atoms with Gasteiger partial charge in [-0.05, 0) is 46.2 Å². The van der Waals surface area contributed by atoms with Gasteiger partial charge in [-0.2, -0.15) is 0 Å². The van der Waals surface area contributed by atoms with Crippen LogP contribution >= 0.6 is 0 Å². The minimum absolute atomic E-state index is 0.0106. The van der Waals surface area contributed by atoms with E-state index >= 15 is 0 Å². The second-order valence-electron chi connectivity index (χ2n) is 7.90. The van der Waals surface area contributed by atoms with E-state index in [9.17, 15) is 0 Å². The minimum Gasteiger partial charge on any atom is -0.373 e. The molecule has 3 fully saturated rings. The van der Waals surface area contributed by atoms with E-state index in [1.807, 2.05) is 13.8 Å². The summed E-state index contributed by atoms with van der Waals surface area (Å²) >= 11 is 0. The normalized spacial score (nSPS) is 35.6. The van der Waals surface area contributed by atoms with E-state index in [0.717, 1.165) is 19.6 Å². The van der Waals surface area contributed by atoms with Crippen LogP contribution in [-0.4, -0.2) is 61.5 Å². The van der Waals surface area contributed by atoms with Gasteiger partial charge in [0.05, 0.1) is 0 Å². The highest BCUT2D eigenvalue weighted by Gasteiger charge is 2.55. The predicted octanol–water partition coefficient (Wildman–Crippen LogP) is 3.31. The Labute approximate surface area is 147 Å². The first kappa shape index (κ1) is 18.6. The van der Waals surface area contributed by atoms with Gasteiger partial charge in [0.1, 0.15) is 18.3 Å². The first-order valence-electron chi connectivity index (χ1n) is 9.94. The minimum atomic E-state index is -0.573. The molecule has 140 valence electrons. The number of hydrogen-bond acceptors (Lipinski definition) is 5. The van der Waals surface area contributed by atoms with E-state index in [4.69, 9.17) is 18.9 Å². The molecule has 3 aliphatic rings. The number of likely N-dealkylation sites (tertiary alicyclic amines) is 1. The van der Waals surface area contributed by atoms with Gasteiger partial charge in [0.2, 0.25) is 0 Å². The van der Waals surface area contributed by atoms with E-state index < -0.39 is 5.79 Å². The van der Waals surface area contributed by atoms with Crippen molar-refractivity contribution < 1.29 is 18.9 Å². The fourth-order valence-electron chi connectivity index (χ4n) is 4.04. The second-order valence-corrected chi connectivity index (χ2v) is 7.90. The summed E-state index contributed by atoms with van der Waals surface area (Å²) in [6.45, 7) is 10.2. The molecule has 0 amide bonds. The Hall–Kier alpha value is -0.200. The zero-order valence-electron chi connectivity index (χ0n) is 15.7. The summed E-state index contributed by atoms with van der Waals surface area (Å²) in [6, 6.07) is 0. The van der Waals surface area contributed by atoms with Gasteiger partial charge in [-0.15, -0.1) is 0 Å². The van der Waals surface area contributed by atoms with E-state index in [0.29, 0.717) is 0 Å². The number of fused-ring (bicyclic) bond motifs is 1. The average Bonchev–Trinajstić information content (AvgIpc) is 3.20. The van der Waals surface area contributed by atoms with Gasteiger partial charge in [-0.3, -0.25) is 0 Å². The summed E-state index contributed by atoms with van der Waals surface area (Å²) in [5.41, 5.74) is 0. The number of hydrogen-bond donors (Lipinski definition) is 0. The quantitative estimate of drug-likeness (QED) is 0.602. The second kappa shape index (κ2) is 8.45. The Morgan fingerprint density at radius 3 is 2.54 bits per heavy atom. The number of ether oxygens (including phenoxy) is 4. The molecule has 5 nitrogen and oxygen atoms in total. The fraction of sp³-hybridized carbons (Fsp3) is 1.00. The van der Waals surface area contributed by atoms with Crippen molar-refractivity contribution in [2.24, 2.45) is 0 Å². The van der Waals surface area contributed by atoms with E-state index in [1.165, 1.54) is 51.6 Å². The van der Waals surface area contributed by atoms with E-state index in [2.05, 4.69) is 11.8 Å². The van der Waals surface area contributed by atoms with Crippen molar-refractivity contribution >= 4 is 0 Å². The summed E-state index contributed by atoms with van der Waals surface area (Å²) in [7, 11) is 0. The molecule has 3 rings (SSSR count). The third-order valence-electron chi connectivity index (χ3n) is 5.28.